The van der Waals surface area contributed by atoms with Gasteiger partial charge in [-0.2, -0.15) is 0 Å². The quantitative estimate of drug-likeness (QED) is 0.466. The second kappa shape index (κ2) is 5.64. The molecule has 1 aliphatic heterocycles. The van der Waals surface area contributed by atoms with E-state index in [9.17, 15) is 14.9 Å². The molecular weight excluding hydrogens is 250 g/mol. The molecule has 102 valence electrons. The predicted octanol–water partition coefficient (Wildman–Crippen LogP) is 1.52. The summed E-state index contributed by atoms with van der Waals surface area (Å²) in [6.07, 6.45) is 3.05. The molecule has 0 spiro atoms. The summed E-state index contributed by atoms with van der Waals surface area (Å²) in [4.78, 5) is 27.5. The molecule has 0 amide bonds. The number of hydrogen-bond donors (Lipinski definition) is 0. The number of hydrogen-bond acceptors (Lipinski definition) is 6. The molecular formula is C12H15N3O4. The Morgan fingerprint density at radius 1 is 1.63 bits per heavy atom. The zero-order valence-corrected chi connectivity index (χ0v) is 10.6. The molecule has 0 aliphatic carbocycles. The van der Waals surface area contributed by atoms with Gasteiger partial charge in [0.25, 0.3) is 0 Å². The largest absolute Gasteiger partial charge is 0.464 e. The van der Waals surface area contributed by atoms with Gasteiger partial charge in [-0.25, -0.2) is 4.79 Å². The highest BCUT2D eigenvalue weighted by molar-refractivity contribution is 5.80. The van der Waals surface area contributed by atoms with Gasteiger partial charge in [-0.1, -0.05) is 0 Å². The summed E-state index contributed by atoms with van der Waals surface area (Å²) in [6.45, 7) is 2.84. The first-order valence-electron chi connectivity index (χ1n) is 6.17. The van der Waals surface area contributed by atoms with Crippen molar-refractivity contribution in [2.24, 2.45) is 0 Å². The monoisotopic (exact) mass is 265 g/mol. The highest BCUT2D eigenvalue weighted by Gasteiger charge is 2.32. The molecule has 0 radical (unpaired) electrons. The molecule has 7 heteroatoms. The van der Waals surface area contributed by atoms with Crippen molar-refractivity contribution < 1.29 is 14.5 Å². The summed E-state index contributed by atoms with van der Waals surface area (Å²) in [7, 11) is 0. The SMILES string of the molecule is CCOC(=O)C1CCCN1c1ccc([N+](=O)[O-])nc1. The van der Waals surface area contributed by atoms with E-state index in [4.69, 9.17) is 4.74 Å². The average molecular weight is 265 g/mol. The van der Waals surface area contributed by atoms with E-state index in [1.165, 1.54) is 12.3 Å². The molecule has 0 aromatic carbocycles. The fourth-order valence-corrected chi connectivity index (χ4v) is 2.22. The van der Waals surface area contributed by atoms with E-state index in [2.05, 4.69) is 4.98 Å². The van der Waals surface area contributed by atoms with Crippen molar-refractivity contribution in [3.63, 3.8) is 0 Å². The summed E-state index contributed by atoms with van der Waals surface area (Å²) in [5, 5.41) is 10.5. The van der Waals surface area contributed by atoms with Crippen molar-refractivity contribution in [2.75, 3.05) is 18.1 Å². The van der Waals surface area contributed by atoms with E-state index in [0.717, 1.165) is 19.4 Å². The number of esters is 1. The molecule has 19 heavy (non-hydrogen) atoms. The van der Waals surface area contributed by atoms with Gasteiger partial charge < -0.3 is 19.8 Å². The highest BCUT2D eigenvalue weighted by atomic mass is 16.6. The molecule has 0 saturated carbocycles. The minimum atomic E-state index is -0.545. The van der Waals surface area contributed by atoms with Crippen molar-refractivity contribution in [3.8, 4) is 0 Å². The van der Waals surface area contributed by atoms with E-state index in [0.29, 0.717) is 12.3 Å². The van der Waals surface area contributed by atoms with E-state index in [1.54, 1.807) is 13.0 Å². The number of pyridine rings is 1. The number of carbonyl (C=O) groups is 1. The van der Waals surface area contributed by atoms with Gasteiger partial charge in [-0.15, -0.1) is 0 Å². The van der Waals surface area contributed by atoms with Crippen LogP contribution in [0.15, 0.2) is 18.3 Å². The first-order valence-corrected chi connectivity index (χ1v) is 6.17. The van der Waals surface area contributed by atoms with Gasteiger partial charge in [0, 0.05) is 12.6 Å². The van der Waals surface area contributed by atoms with Gasteiger partial charge in [0.05, 0.1) is 12.3 Å². The molecule has 1 fully saturated rings. The van der Waals surface area contributed by atoms with Crippen LogP contribution in [0.25, 0.3) is 0 Å². The Balaban J connectivity index is 2.15. The van der Waals surface area contributed by atoms with Crippen LogP contribution >= 0.6 is 0 Å². The van der Waals surface area contributed by atoms with Gasteiger partial charge >= 0.3 is 11.8 Å². The Morgan fingerprint density at radius 3 is 3.00 bits per heavy atom. The first kappa shape index (κ1) is 13.3. The standard InChI is InChI=1S/C12H15N3O4/c1-2-19-12(16)10-4-3-7-14(10)9-5-6-11(13-8-9)15(17)18/h5-6,8,10H,2-4,7H2,1H3. The first-order chi connectivity index (χ1) is 9.13. The van der Waals surface area contributed by atoms with Gasteiger partial charge in [0.15, 0.2) is 6.20 Å². The van der Waals surface area contributed by atoms with Crippen LogP contribution in [0, 0.1) is 10.1 Å². The Labute approximate surface area is 110 Å². The topological polar surface area (TPSA) is 85.6 Å². The Hall–Kier alpha value is -2.18. The Kier molecular flexibility index (Phi) is 3.94. The number of nitro groups is 1. The zero-order valence-electron chi connectivity index (χ0n) is 10.6. The fraction of sp³-hybridized carbons (Fsp3) is 0.500. The molecule has 0 N–H and O–H groups in total. The van der Waals surface area contributed by atoms with Crippen LogP contribution in [-0.2, 0) is 9.53 Å². The van der Waals surface area contributed by atoms with Gasteiger partial charge in [-0.3, -0.25) is 0 Å². The number of nitrogens with zero attached hydrogens (tertiary/aromatic N) is 3. The van der Waals surface area contributed by atoms with Crippen LogP contribution in [0.3, 0.4) is 0 Å². The number of rotatable bonds is 4. The number of anilines is 1. The molecule has 2 rings (SSSR count). The maximum absolute atomic E-state index is 11.8. The molecule has 1 aliphatic rings. The number of aromatic nitrogens is 1. The van der Waals surface area contributed by atoms with Crippen molar-refractivity contribution in [1.29, 1.82) is 0 Å². The molecule has 1 unspecified atom stereocenters. The van der Waals surface area contributed by atoms with Gasteiger partial charge in [0.2, 0.25) is 0 Å². The lowest BCUT2D eigenvalue weighted by molar-refractivity contribution is -0.389. The Morgan fingerprint density at radius 2 is 2.42 bits per heavy atom. The van der Waals surface area contributed by atoms with E-state index >= 15 is 0 Å². The molecule has 2 heterocycles. The molecule has 1 saturated heterocycles. The third-order valence-corrected chi connectivity index (χ3v) is 3.06. The van der Waals surface area contributed by atoms with E-state index < -0.39 is 4.92 Å². The zero-order chi connectivity index (χ0) is 13.8. The van der Waals surface area contributed by atoms with Crippen molar-refractivity contribution >= 4 is 17.5 Å². The lowest BCUT2D eigenvalue weighted by atomic mass is 10.2. The second-order valence-corrected chi connectivity index (χ2v) is 4.24. The maximum Gasteiger partial charge on any atom is 0.363 e. The molecule has 1 atom stereocenters. The molecule has 1 aromatic rings. The second-order valence-electron chi connectivity index (χ2n) is 4.24. The summed E-state index contributed by atoms with van der Waals surface area (Å²) >= 11 is 0. The van der Waals surface area contributed by atoms with Crippen LogP contribution < -0.4 is 4.90 Å². The molecule has 7 nitrogen and oxygen atoms in total. The summed E-state index contributed by atoms with van der Waals surface area (Å²) < 4.78 is 5.03. The van der Waals surface area contributed by atoms with Crippen molar-refractivity contribution in [2.45, 2.75) is 25.8 Å². The van der Waals surface area contributed by atoms with Crippen LogP contribution in [-0.4, -0.2) is 35.1 Å². The average Bonchev–Trinajstić information content (AvgIpc) is 2.88. The summed E-state index contributed by atoms with van der Waals surface area (Å²) in [5.41, 5.74) is 0.709. The normalized spacial score (nSPS) is 18.4. The van der Waals surface area contributed by atoms with Crippen LogP contribution in [0.2, 0.25) is 0 Å². The lowest BCUT2D eigenvalue weighted by Gasteiger charge is -2.23. The maximum atomic E-state index is 11.8. The summed E-state index contributed by atoms with van der Waals surface area (Å²) in [6, 6.07) is 2.64. The third kappa shape index (κ3) is 2.81. The van der Waals surface area contributed by atoms with E-state index in [-0.39, 0.29) is 17.8 Å². The number of ether oxygens (including phenoxy) is 1. The predicted molar refractivity (Wildman–Crippen MR) is 67.9 cm³/mol. The lowest BCUT2D eigenvalue weighted by Crippen LogP contribution is -2.37. The minimum absolute atomic E-state index is 0.198. The fourth-order valence-electron chi connectivity index (χ4n) is 2.22. The third-order valence-electron chi connectivity index (χ3n) is 3.06. The summed E-state index contributed by atoms with van der Waals surface area (Å²) in [5.74, 6) is -0.450. The van der Waals surface area contributed by atoms with Crippen LogP contribution in [0.1, 0.15) is 19.8 Å². The van der Waals surface area contributed by atoms with Crippen molar-refractivity contribution in [3.05, 3.63) is 28.4 Å². The van der Waals surface area contributed by atoms with Gasteiger partial charge in [-0.05, 0) is 35.7 Å². The highest BCUT2D eigenvalue weighted by Crippen LogP contribution is 2.26. The van der Waals surface area contributed by atoms with Gasteiger partial charge in [0.1, 0.15) is 6.04 Å². The molecule has 0 bridgehead atoms. The molecule has 1 aromatic heterocycles. The van der Waals surface area contributed by atoms with Crippen LogP contribution in [0.5, 0.6) is 0 Å². The van der Waals surface area contributed by atoms with E-state index in [1.807, 2.05) is 4.90 Å². The Bertz CT molecular complexity index is 474. The van der Waals surface area contributed by atoms with Crippen molar-refractivity contribution in [1.82, 2.24) is 4.98 Å². The minimum Gasteiger partial charge on any atom is -0.464 e. The van der Waals surface area contributed by atoms with Crippen LogP contribution in [0.4, 0.5) is 11.5 Å². The number of carbonyl (C=O) groups excluding carboxylic acids is 1. The smallest absolute Gasteiger partial charge is 0.363 e.